The van der Waals surface area contributed by atoms with Crippen LogP contribution < -0.4 is 10.2 Å². The summed E-state index contributed by atoms with van der Waals surface area (Å²) in [5, 5.41) is 4.15. The number of carbonyl (C=O) groups excluding carboxylic acids is 2. The zero-order valence-electron chi connectivity index (χ0n) is 12.8. The van der Waals surface area contributed by atoms with Crippen LogP contribution in [0.1, 0.15) is 35.4 Å². The van der Waals surface area contributed by atoms with Gasteiger partial charge >= 0.3 is 0 Å². The van der Waals surface area contributed by atoms with Crippen LogP contribution in [0.2, 0.25) is 5.15 Å². The minimum Gasteiger partial charge on any atom is -0.351 e. The van der Waals surface area contributed by atoms with Crippen molar-refractivity contribution in [2.24, 2.45) is 5.92 Å². The topological polar surface area (TPSA) is 65.5 Å². The van der Waals surface area contributed by atoms with Crippen LogP contribution in [0.3, 0.4) is 0 Å². The van der Waals surface area contributed by atoms with E-state index < -0.39 is 0 Å². The number of aromatic nitrogens is 1. The molecule has 124 valence electrons. The summed E-state index contributed by atoms with van der Waals surface area (Å²) >= 11 is 7.62. The van der Waals surface area contributed by atoms with Gasteiger partial charge in [0.1, 0.15) is 4.88 Å². The van der Waals surface area contributed by atoms with Crippen molar-refractivity contribution in [3.05, 3.63) is 10.0 Å². The highest BCUT2D eigenvalue weighted by atomic mass is 35.5. The summed E-state index contributed by atoms with van der Waals surface area (Å²) in [7, 11) is 0. The van der Waals surface area contributed by atoms with E-state index in [1.54, 1.807) is 0 Å². The Morgan fingerprint density at radius 3 is 2.87 bits per heavy atom. The Balaban J connectivity index is 1.50. The van der Waals surface area contributed by atoms with Crippen molar-refractivity contribution in [1.29, 1.82) is 0 Å². The molecule has 2 unspecified atom stereocenters. The SMILES string of the molecule is O=C1CCC2CN(C(=O)c3sc(N4CCCC4)nc3Cl)CC2N1. The van der Waals surface area contributed by atoms with Crippen molar-refractivity contribution in [1.82, 2.24) is 15.2 Å². The molecule has 2 atom stereocenters. The molecular formula is C15H19ClN4O2S. The highest BCUT2D eigenvalue weighted by molar-refractivity contribution is 7.18. The molecule has 3 saturated heterocycles. The van der Waals surface area contributed by atoms with Crippen LogP contribution in [-0.2, 0) is 4.79 Å². The third kappa shape index (κ3) is 2.80. The molecule has 2 amide bonds. The molecule has 6 nitrogen and oxygen atoms in total. The summed E-state index contributed by atoms with van der Waals surface area (Å²) in [6.45, 7) is 3.23. The van der Waals surface area contributed by atoms with Crippen molar-refractivity contribution in [2.45, 2.75) is 31.7 Å². The molecule has 3 aliphatic rings. The maximum absolute atomic E-state index is 12.8. The zero-order valence-corrected chi connectivity index (χ0v) is 14.3. The lowest BCUT2D eigenvalue weighted by Crippen LogP contribution is -2.44. The fraction of sp³-hybridized carbons (Fsp3) is 0.667. The molecule has 0 radical (unpaired) electrons. The number of nitrogens with one attached hydrogen (secondary N) is 1. The quantitative estimate of drug-likeness (QED) is 0.878. The molecule has 1 aromatic rings. The van der Waals surface area contributed by atoms with E-state index in [1.807, 2.05) is 4.90 Å². The number of hydrogen-bond donors (Lipinski definition) is 1. The highest BCUT2D eigenvalue weighted by Gasteiger charge is 2.40. The van der Waals surface area contributed by atoms with Gasteiger partial charge in [0.25, 0.3) is 5.91 Å². The zero-order chi connectivity index (χ0) is 16.0. The van der Waals surface area contributed by atoms with E-state index in [2.05, 4.69) is 15.2 Å². The summed E-state index contributed by atoms with van der Waals surface area (Å²) in [5.74, 6) is 0.399. The van der Waals surface area contributed by atoms with Crippen molar-refractivity contribution < 1.29 is 9.59 Å². The number of anilines is 1. The fourth-order valence-corrected chi connectivity index (χ4v) is 5.00. The van der Waals surface area contributed by atoms with Gasteiger partial charge in [-0.3, -0.25) is 9.59 Å². The molecule has 3 fully saturated rings. The second-order valence-corrected chi connectivity index (χ2v) is 7.83. The predicted octanol–water partition coefficient (Wildman–Crippen LogP) is 1.75. The van der Waals surface area contributed by atoms with Gasteiger partial charge in [0.15, 0.2) is 10.3 Å². The van der Waals surface area contributed by atoms with Crippen LogP contribution in [0.15, 0.2) is 0 Å². The third-order valence-electron chi connectivity index (χ3n) is 4.96. The molecule has 8 heteroatoms. The van der Waals surface area contributed by atoms with Crippen molar-refractivity contribution in [3.63, 3.8) is 0 Å². The van der Waals surface area contributed by atoms with Gasteiger partial charge in [-0.1, -0.05) is 22.9 Å². The smallest absolute Gasteiger partial charge is 0.267 e. The van der Waals surface area contributed by atoms with E-state index in [1.165, 1.54) is 11.3 Å². The molecule has 3 aliphatic heterocycles. The number of thiazole rings is 1. The number of halogens is 1. The molecule has 0 saturated carbocycles. The molecule has 23 heavy (non-hydrogen) atoms. The molecule has 4 rings (SSSR count). The largest absolute Gasteiger partial charge is 0.351 e. The normalized spacial score (nSPS) is 27.3. The Labute approximate surface area is 143 Å². The number of rotatable bonds is 2. The molecule has 1 N–H and O–H groups in total. The van der Waals surface area contributed by atoms with Crippen LogP contribution in [0.4, 0.5) is 5.13 Å². The van der Waals surface area contributed by atoms with Crippen LogP contribution in [0.5, 0.6) is 0 Å². The lowest BCUT2D eigenvalue weighted by Gasteiger charge is -2.24. The first kappa shape index (κ1) is 15.2. The minimum absolute atomic E-state index is 0.0541. The Morgan fingerprint density at radius 2 is 2.09 bits per heavy atom. The van der Waals surface area contributed by atoms with Gasteiger partial charge in [0.2, 0.25) is 5.91 Å². The molecule has 0 spiro atoms. The van der Waals surface area contributed by atoms with Gasteiger partial charge in [-0.15, -0.1) is 0 Å². The summed E-state index contributed by atoms with van der Waals surface area (Å²) in [6, 6.07) is 0.0879. The number of amides is 2. The average Bonchev–Trinajstić information content (AvgIpc) is 3.24. The summed E-state index contributed by atoms with van der Waals surface area (Å²) in [4.78, 5) is 33.2. The van der Waals surface area contributed by atoms with E-state index in [4.69, 9.17) is 11.6 Å². The Kier molecular flexibility index (Phi) is 3.93. The number of fused-ring (bicyclic) bond motifs is 1. The number of nitrogens with zero attached hydrogens (tertiary/aromatic N) is 3. The van der Waals surface area contributed by atoms with E-state index in [0.29, 0.717) is 35.5 Å². The molecule has 0 bridgehead atoms. The van der Waals surface area contributed by atoms with E-state index >= 15 is 0 Å². The van der Waals surface area contributed by atoms with Crippen LogP contribution in [0, 0.1) is 5.92 Å². The molecule has 0 aromatic carbocycles. The van der Waals surface area contributed by atoms with E-state index in [-0.39, 0.29) is 17.9 Å². The van der Waals surface area contributed by atoms with Gasteiger partial charge in [0, 0.05) is 32.6 Å². The second kappa shape index (κ2) is 5.94. The maximum Gasteiger partial charge on any atom is 0.267 e. The highest BCUT2D eigenvalue weighted by Crippen LogP contribution is 2.34. The standard InChI is InChI=1S/C15H19ClN4O2S/c16-13-12(23-15(18-13)19-5-1-2-6-19)14(22)20-7-9-3-4-11(21)17-10(9)8-20/h9-10H,1-8H2,(H,17,21). The van der Waals surface area contributed by atoms with E-state index in [0.717, 1.165) is 37.5 Å². The van der Waals surface area contributed by atoms with Crippen molar-refractivity contribution in [3.8, 4) is 0 Å². The Hall–Kier alpha value is -1.34. The predicted molar refractivity (Wildman–Crippen MR) is 89.1 cm³/mol. The van der Waals surface area contributed by atoms with Crippen molar-refractivity contribution >= 4 is 39.9 Å². The Bertz CT molecular complexity index is 643. The Morgan fingerprint density at radius 1 is 1.30 bits per heavy atom. The molecule has 4 heterocycles. The summed E-state index contributed by atoms with van der Waals surface area (Å²) in [5.41, 5.74) is 0. The summed E-state index contributed by atoms with van der Waals surface area (Å²) in [6.07, 6.45) is 3.74. The van der Waals surface area contributed by atoms with Crippen LogP contribution >= 0.6 is 22.9 Å². The minimum atomic E-state index is -0.0541. The van der Waals surface area contributed by atoms with Gasteiger partial charge in [-0.25, -0.2) is 4.98 Å². The number of likely N-dealkylation sites (tertiary alicyclic amines) is 1. The number of piperidine rings is 1. The van der Waals surface area contributed by atoms with Gasteiger partial charge in [0.05, 0.1) is 6.04 Å². The molecule has 1 aromatic heterocycles. The maximum atomic E-state index is 12.8. The third-order valence-corrected chi connectivity index (χ3v) is 6.45. The first-order chi connectivity index (χ1) is 11.1. The van der Waals surface area contributed by atoms with Gasteiger partial charge in [-0.05, 0) is 25.2 Å². The molecular weight excluding hydrogens is 336 g/mol. The van der Waals surface area contributed by atoms with Gasteiger partial charge < -0.3 is 15.1 Å². The first-order valence-electron chi connectivity index (χ1n) is 8.12. The van der Waals surface area contributed by atoms with Crippen LogP contribution in [0.25, 0.3) is 0 Å². The van der Waals surface area contributed by atoms with Crippen LogP contribution in [-0.4, -0.2) is 53.9 Å². The molecule has 0 aliphatic carbocycles. The fourth-order valence-electron chi connectivity index (χ4n) is 3.70. The van der Waals surface area contributed by atoms with Crippen molar-refractivity contribution in [2.75, 3.05) is 31.1 Å². The lowest BCUT2D eigenvalue weighted by atomic mass is 9.94. The number of carbonyl (C=O) groups is 2. The lowest BCUT2D eigenvalue weighted by molar-refractivity contribution is -0.123. The second-order valence-electron chi connectivity index (χ2n) is 6.49. The van der Waals surface area contributed by atoms with E-state index in [9.17, 15) is 9.59 Å². The first-order valence-corrected chi connectivity index (χ1v) is 9.31. The monoisotopic (exact) mass is 354 g/mol. The van der Waals surface area contributed by atoms with Gasteiger partial charge in [-0.2, -0.15) is 0 Å². The summed E-state index contributed by atoms with van der Waals surface area (Å²) < 4.78 is 0. The number of hydrogen-bond acceptors (Lipinski definition) is 5. The average molecular weight is 355 g/mol.